The first-order chi connectivity index (χ1) is 32.0. The second-order valence-corrected chi connectivity index (χ2v) is 18.3. The molecule has 3 atom stereocenters. The SMILES string of the molecule is CN(C[C@@H]1CN(CCCNc2cccc3c2C(=O)N(C2CCC(O)NC2=O)C3=O)CCO1)C[C@H]1CC[C@H](n2cc(NC(=O)c3coc(-c4ccnc(NCC5CC5)c4)n3)c(C(F)F)n2)CC1. The molecule has 9 rings (SSSR count). The smallest absolute Gasteiger partial charge is 0.284 e. The molecule has 0 bridgehead atoms. The molecule has 2 saturated carbocycles. The number of nitrogens with one attached hydrogen (secondary N) is 4. The minimum absolute atomic E-state index is 0.0369. The van der Waals surface area contributed by atoms with Gasteiger partial charge in [0.1, 0.15) is 24.4 Å². The summed E-state index contributed by atoms with van der Waals surface area (Å²) in [7, 11) is 2.10. The van der Waals surface area contributed by atoms with Crippen LogP contribution in [0.25, 0.3) is 11.5 Å². The number of aromatic nitrogens is 4. The molecule has 20 heteroatoms. The third-order valence-corrected chi connectivity index (χ3v) is 13.3. The summed E-state index contributed by atoms with van der Waals surface area (Å²) in [5, 5.41) is 25.7. The van der Waals surface area contributed by atoms with Gasteiger partial charge in [0, 0.05) is 69.5 Å². The van der Waals surface area contributed by atoms with Crippen LogP contribution in [0, 0.1) is 11.8 Å². The van der Waals surface area contributed by atoms with Gasteiger partial charge in [0.15, 0.2) is 11.4 Å². The molecule has 5 N–H and O–H groups in total. The lowest BCUT2D eigenvalue weighted by Gasteiger charge is -2.36. The van der Waals surface area contributed by atoms with Crippen LogP contribution in [0.4, 0.5) is 26.0 Å². The van der Waals surface area contributed by atoms with Gasteiger partial charge in [-0.3, -0.25) is 33.7 Å². The predicted octanol–water partition coefficient (Wildman–Crippen LogP) is 5.00. The highest BCUT2D eigenvalue weighted by molar-refractivity contribution is 6.25. The molecule has 18 nitrogen and oxygen atoms in total. The molecule has 2 unspecified atom stereocenters. The average Bonchev–Trinajstić information content (AvgIpc) is 3.71. The Morgan fingerprint density at radius 2 is 1.82 bits per heavy atom. The van der Waals surface area contributed by atoms with Crippen LogP contribution in [0.3, 0.4) is 0 Å². The highest BCUT2D eigenvalue weighted by Crippen LogP contribution is 2.36. The Hall–Kier alpha value is -5.83. The summed E-state index contributed by atoms with van der Waals surface area (Å²) in [4.78, 5) is 66.8. The van der Waals surface area contributed by atoms with E-state index in [9.17, 15) is 33.1 Å². The highest BCUT2D eigenvalue weighted by atomic mass is 19.3. The van der Waals surface area contributed by atoms with Crippen molar-refractivity contribution in [2.24, 2.45) is 11.8 Å². The van der Waals surface area contributed by atoms with Crippen LogP contribution < -0.4 is 21.3 Å². The Balaban J connectivity index is 0.706. The van der Waals surface area contributed by atoms with Crippen molar-refractivity contribution in [2.45, 2.75) is 88.6 Å². The quantitative estimate of drug-likeness (QED) is 0.0657. The van der Waals surface area contributed by atoms with Crippen LogP contribution in [0.5, 0.6) is 0 Å². The zero-order valence-electron chi connectivity index (χ0n) is 37.0. The first kappa shape index (κ1) is 45.3. The maximum atomic E-state index is 14.2. The Morgan fingerprint density at radius 1 is 1.00 bits per heavy atom. The standard InChI is InChI=1S/C46H57F2N11O7/c1-56(23-31-24-57(18-19-65-31)17-3-15-49-33-5-2-4-32-39(33)46(64)59(45(32)63)36-12-13-38(60)54-43(36)62)22-28-8-10-30(11-9-28)58-25-34(40(55-58)41(47)48)52-42(61)35-26-66-44(53-35)29-14-16-50-37(20-29)51-21-27-6-7-27/h2,4-5,14,16,20,25-28,30-31,36,38,41,49,60H,3,6-13,15,17-19,21-24H2,1H3,(H,50,51)(H,52,61)(H,54,62)/t28-,30-,31-,36?,38?/m1/s1. The van der Waals surface area contributed by atoms with Gasteiger partial charge in [-0.05, 0) is 101 Å². The maximum Gasteiger partial charge on any atom is 0.284 e. The molecule has 3 aromatic heterocycles. The first-order valence-electron chi connectivity index (χ1n) is 23.1. The van der Waals surface area contributed by atoms with E-state index in [1.165, 1.54) is 25.3 Å². The lowest BCUT2D eigenvalue weighted by molar-refractivity contribution is -0.131. The van der Waals surface area contributed by atoms with Gasteiger partial charge in [0.25, 0.3) is 24.1 Å². The minimum atomic E-state index is -2.88. The molecule has 66 heavy (non-hydrogen) atoms. The third kappa shape index (κ3) is 10.4. The largest absolute Gasteiger partial charge is 0.444 e. The van der Waals surface area contributed by atoms with Gasteiger partial charge >= 0.3 is 0 Å². The number of piperidine rings is 1. The van der Waals surface area contributed by atoms with Crippen molar-refractivity contribution < 1.29 is 42.2 Å². The van der Waals surface area contributed by atoms with Crippen LogP contribution in [0.2, 0.25) is 0 Å². The highest BCUT2D eigenvalue weighted by Gasteiger charge is 2.45. The van der Waals surface area contributed by atoms with E-state index in [1.807, 2.05) is 0 Å². The summed E-state index contributed by atoms with van der Waals surface area (Å²) in [6.07, 6.45) is 7.53. The van der Waals surface area contributed by atoms with Crippen molar-refractivity contribution in [2.75, 3.05) is 75.4 Å². The average molecular weight is 914 g/mol. The number of halogens is 2. The van der Waals surface area contributed by atoms with Crippen molar-refractivity contribution >= 4 is 40.8 Å². The van der Waals surface area contributed by atoms with Crippen molar-refractivity contribution in [1.29, 1.82) is 0 Å². The zero-order valence-corrected chi connectivity index (χ0v) is 37.0. The number of pyridine rings is 1. The van der Waals surface area contributed by atoms with Gasteiger partial charge in [0.05, 0.1) is 35.6 Å². The summed E-state index contributed by atoms with van der Waals surface area (Å²) < 4.78 is 41.8. The molecule has 4 aromatic rings. The fourth-order valence-corrected chi connectivity index (χ4v) is 9.61. The molecule has 0 spiro atoms. The molecule has 352 valence electrons. The van der Waals surface area contributed by atoms with E-state index >= 15 is 0 Å². The molecule has 1 aromatic carbocycles. The number of rotatable bonds is 18. The molecule has 2 aliphatic carbocycles. The van der Waals surface area contributed by atoms with Gasteiger partial charge in [-0.15, -0.1) is 0 Å². The number of ether oxygens (including phenoxy) is 1. The summed E-state index contributed by atoms with van der Waals surface area (Å²) >= 11 is 0. The Kier molecular flexibility index (Phi) is 13.7. The van der Waals surface area contributed by atoms with Gasteiger partial charge in [-0.1, -0.05) is 6.07 Å². The van der Waals surface area contributed by atoms with Crippen LogP contribution in [-0.2, 0) is 9.53 Å². The molecule has 5 aliphatic rings. The molecular weight excluding hydrogens is 857 g/mol. The van der Waals surface area contributed by atoms with Crippen LogP contribution in [-0.4, -0.2) is 141 Å². The summed E-state index contributed by atoms with van der Waals surface area (Å²) in [5.41, 5.74) is 1.16. The van der Waals surface area contributed by atoms with Gasteiger partial charge in [-0.2, -0.15) is 5.10 Å². The van der Waals surface area contributed by atoms with Gasteiger partial charge < -0.3 is 40.4 Å². The first-order valence-corrected chi connectivity index (χ1v) is 23.1. The number of benzene rings is 1. The third-order valence-electron chi connectivity index (χ3n) is 13.3. The van der Waals surface area contributed by atoms with E-state index in [2.05, 4.69) is 53.2 Å². The van der Waals surface area contributed by atoms with E-state index in [4.69, 9.17) is 9.15 Å². The molecule has 4 amide bonds. The Bertz CT molecular complexity index is 2400. The maximum absolute atomic E-state index is 14.2. The number of nitrogens with zero attached hydrogens (tertiary/aromatic N) is 7. The number of fused-ring (bicyclic) bond motifs is 1. The molecule has 3 aliphatic heterocycles. The summed E-state index contributed by atoms with van der Waals surface area (Å²) in [6, 6.07) is 7.59. The molecular formula is C46H57F2N11O7. The second-order valence-electron chi connectivity index (χ2n) is 18.3. The van der Waals surface area contributed by atoms with E-state index in [0.29, 0.717) is 42.1 Å². The Labute approximate surface area is 380 Å². The number of imide groups is 1. The number of anilines is 3. The number of carbonyl (C=O) groups excluding carboxylic acids is 4. The normalized spacial score (nSPS) is 23.6. The van der Waals surface area contributed by atoms with Gasteiger partial charge in [-0.25, -0.2) is 18.7 Å². The molecule has 0 radical (unpaired) electrons. The Morgan fingerprint density at radius 3 is 2.61 bits per heavy atom. The van der Waals surface area contributed by atoms with E-state index in [1.54, 1.807) is 41.2 Å². The molecule has 4 fully saturated rings. The number of alkyl halides is 2. The number of aliphatic hydroxyl groups excluding tert-OH is 1. The zero-order chi connectivity index (χ0) is 45.9. The minimum Gasteiger partial charge on any atom is -0.444 e. The van der Waals surface area contributed by atoms with Crippen LogP contribution in [0.15, 0.2) is 53.4 Å². The van der Waals surface area contributed by atoms with E-state index < -0.39 is 48.0 Å². The van der Waals surface area contributed by atoms with Crippen molar-refractivity contribution in [3.63, 3.8) is 0 Å². The fraction of sp³-hybridized carbons (Fsp3) is 0.543. The van der Waals surface area contributed by atoms with Crippen molar-refractivity contribution in [3.8, 4) is 11.5 Å². The van der Waals surface area contributed by atoms with Gasteiger partial charge in [0.2, 0.25) is 11.8 Å². The summed E-state index contributed by atoms with van der Waals surface area (Å²) in [6.45, 7) is 6.10. The number of likely N-dealkylation sites (N-methyl/N-ethyl adjacent to an activating group) is 1. The van der Waals surface area contributed by atoms with E-state index in [-0.39, 0.29) is 53.4 Å². The fourth-order valence-electron chi connectivity index (χ4n) is 9.61. The number of carbonyl (C=O) groups is 4. The van der Waals surface area contributed by atoms with Crippen LogP contribution in [0.1, 0.15) is 107 Å². The second kappa shape index (κ2) is 20.0. The van der Waals surface area contributed by atoms with E-state index in [0.717, 1.165) is 76.3 Å². The lowest BCUT2D eigenvalue weighted by Crippen LogP contribution is -2.55. The number of morpholine rings is 1. The monoisotopic (exact) mass is 913 g/mol. The number of oxazole rings is 1. The number of hydrogen-bond donors (Lipinski definition) is 5. The lowest BCUT2D eigenvalue weighted by atomic mass is 9.86. The number of hydrogen-bond acceptors (Lipinski definition) is 14. The summed E-state index contributed by atoms with van der Waals surface area (Å²) in [5.74, 6) is -0.226. The van der Waals surface area contributed by atoms with Crippen LogP contribution >= 0.6 is 0 Å². The topological polar surface area (TPSA) is 212 Å². The number of aliphatic hydroxyl groups is 1. The number of amides is 4. The van der Waals surface area contributed by atoms with Crippen molar-refractivity contribution in [1.82, 2.24) is 39.8 Å². The predicted molar refractivity (Wildman–Crippen MR) is 238 cm³/mol. The molecule has 6 heterocycles. The van der Waals surface area contributed by atoms with Crippen molar-refractivity contribution in [3.05, 3.63) is 71.5 Å². The molecule has 2 saturated heterocycles.